The molecule has 0 bridgehead atoms. The maximum Gasteiger partial charge on any atom is 0.320 e. The molecular weight excluding hydrogens is 468 g/mol. The van der Waals surface area contributed by atoms with Crippen LogP contribution in [-0.2, 0) is 23.9 Å². The first-order chi connectivity index (χ1) is 17.5. The zero-order valence-electron chi connectivity index (χ0n) is 24.0. The smallest absolute Gasteiger partial charge is 0.320 e. The second-order valence-corrected chi connectivity index (χ2v) is 13.2. The van der Waals surface area contributed by atoms with Gasteiger partial charge < -0.3 is 14.6 Å². The van der Waals surface area contributed by atoms with Gasteiger partial charge in [-0.05, 0) is 105 Å². The lowest BCUT2D eigenvalue weighted by molar-refractivity contribution is -0.194. The number of rotatable bonds is 8. The number of aliphatic hydroxyl groups excluding tert-OH is 1. The van der Waals surface area contributed by atoms with E-state index in [1.807, 2.05) is 0 Å². The Bertz CT molecular complexity index is 852. The molecule has 4 aliphatic carbocycles. The molecule has 0 saturated heterocycles. The minimum absolute atomic E-state index is 0.0708. The summed E-state index contributed by atoms with van der Waals surface area (Å²) in [4.78, 5) is 37.8. The monoisotopic (exact) mass is 518 g/mol. The van der Waals surface area contributed by atoms with Crippen LogP contribution in [0, 0.1) is 58.2 Å². The van der Waals surface area contributed by atoms with E-state index in [0.29, 0.717) is 48.7 Å². The Morgan fingerprint density at radius 3 is 2.16 bits per heavy atom. The van der Waals surface area contributed by atoms with Crippen molar-refractivity contribution in [2.24, 2.45) is 58.2 Å². The van der Waals surface area contributed by atoms with Crippen LogP contribution in [0.15, 0.2) is 0 Å². The number of esters is 2. The number of ether oxygens (including phenoxy) is 2. The maximum atomic E-state index is 12.7. The second-order valence-electron chi connectivity index (χ2n) is 13.2. The van der Waals surface area contributed by atoms with Crippen molar-refractivity contribution in [3.05, 3.63) is 0 Å². The first-order valence-electron chi connectivity index (χ1n) is 15.1. The molecule has 210 valence electrons. The van der Waals surface area contributed by atoms with Gasteiger partial charge in [-0.2, -0.15) is 0 Å². The third kappa shape index (κ3) is 4.78. The van der Waals surface area contributed by atoms with Gasteiger partial charge in [0.15, 0.2) is 5.92 Å². The van der Waals surface area contributed by atoms with Crippen LogP contribution >= 0.6 is 0 Å². The van der Waals surface area contributed by atoms with E-state index in [0.717, 1.165) is 38.5 Å². The molecule has 0 aliphatic heterocycles. The molecule has 0 aromatic rings. The fourth-order valence-corrected chi connectivity index (χ4v) is 10.1. The Morgan fingerprint density at radius 2 is 1.57 bits per heavy atom. The molecule has 37 heavy (non-hydrogen) atoms. The number of carbonyl (C=O) groups is 3. The summed E-state index contributed by atoms with van der Waals surface area (Å²) in [6.45, 7) is 13.2. The van der Waals surface area contributed by atoms with E-state index in [-0.39, 0.29) is 47.9 Å². The van der Waals surface area contributed by atoms with Gasteiger partial charge in [0, 0.05) is 12.8 Å². The number of ketones is 1. The molecule has 0 radical (unpaired) electrons. The van der Waals surface area contributed by atoms with Crippen LogP contribution in [0.4, 0.5) is 0 Å². The summed E-state index contributed by atoms with van der Waals surface area (Å²) < 4.78 is 10.5. The van der Waals surface area contributed by atoms with Gasteiger partial charge in [0.2, 0.25) is 0 Å². The fourth-order valence-electron chi connectivity index (χ4n) is 10.1. The molecule has 0 amide bonds. The van der Waals surface area contributed by atoms with Crippen LogP contribution in [0.25, 0.3) is 0 Å². The van der Waals surface area contributed by atoms with Gasteiger partial charge >= 0.3 is 11.9 Å². The number of aliphatic hydroxyl groups is 1. The fraction of sp³-hybridized carbons (Fsp3) is 0.903. The molecule has 10 atom stereocenters. The van der Waals surface area contributed by atoms with E-state index >= 15 is 0 Å². The largest absolute Gasteiger partial charge is 0.465 e. The lowest BCUT2D eigenvalue weighted by Crippen LogP contribution is -2.62. The highest BCUT2D eigenvalue weighted by atomic mass is 16.6. The van der Waals surface area contributed by atoms with E-state index in [9.17, 15) is 19.5 Å². The summed E-state index contributed by atoms with van der Waals surface area (Å²) in [5.41, 5.74) is 0.198. The van der Waals surface area contributed by atoms with Crippen LogP contribution in [0.3, 0.4) is 0 Å². The minimum atomic E-state index is -0.877. The number of fused-ring (bicyclic) bond motifs is 5. The topological polar surface area (TPSA) is 89.9 Å². The molecule has 4 saturated carbocycles. The molecule has 4 aliphatic rings. The van der Waals surface area contributed by atoms with Crippen molar-refractivity contribution in [2.45, 2.75) is 105 Å². The Labute approximate surface area is 223 Å². The number of carbonyl (C=O) groups excluding carboxylic acids is 3. The van der Waals surface area contributed by atoms with Gasteiger partial charge in [0.25, 0.3) is 0 Å². The average molecular weight is 519 g/mol. The Kier molecular flexibility index (Phi) is 8.48. The van der Waals surface area contributed by atoms with Crippen molar-refractivity contribution in [1.29, 1.82) is 0 Å². The number of hydrogen-bond acceptors (Lipinski definition) is 6. The van der Waals surface area contributed by atoms with Crippen LogP contribution in [0.2, 0.25) is 0 Å². The standard InChI is InChI=1S/C31H50O6/c1-7-20-25-17-19(32)12-14-31(25,6)24-13-15-30(5)22(10-11-23(30)26(24)27(20)33)18(4)16-21(28(34)36-8-2)29(35)37-9-3/h18,20-27,33H,7-17H2,1-6H3/t18-,20-,22?,23?,24?,25+,26?,27-,30-,31-/m1/s1. The minimum Gasteiger partial charge on any atom is -0.465 e. The van der Waals surface area contributed by atoms with Gasteiger partial charge in [-0.1, -0.05) is 34.1 Å². The van der Waals surface area contributed by atoms with Gasteiger partial charge in [-0.15, -0.1) is 0 Å². The van der Waals surface area contributed by atoms with E-state index in [1.54, 1.807) is 13.8 Å². The quantitative estimate of drug-likeness (QED) is 0.333. The Balaban J connectivity index is 1.57. The lowest BCUT2D eigenvalue weighted by Gasteiger charge is -2.64. The number of hydrogen-bond donors (Lipinski definition) is 1. The van der Waals surface area contributed by atoms with Gasteiger partial charge in [0.05, 0.1) is 19.3 Å². The summed E-state index contributed by atoms with van der Waals surface area (Å²) in [5.74, 6) is 0.741. The van der Waals surface area contributed by atoms with Gasteiger partial charge in [-0.25, -0.2) is 0 Å². The van der Waals surface area contributed by atoms with Crippen LogP contribution in [0.1, 0.15) is 99.3 Å². The third-order valence-corrected chi connectivity index (χ3v) is 11.7. The lowest BCUT2D eigenvalue weighted by atomic mass is 9.41. The zero-order chi connectivity index (χ0) is 27.1. The summed E-state index contributed by atoms with van der Waals surface area (Å²) in [6.07, 6.45) is 7.65. The summed E-state index contributed by atoms with van der Waals surface area (Å²) >= 11 is 0. The van der Waals surface area contributed by atoms with Crippen molar-refractivity contribution in [3.63, 3.8) is 0 Å². The first kappa shape index (κ1) is 28.6. The van der Waals surface area contributed by atoms with E-state index in [2.05, 4.69) is 27.7 Å². The molecule has 4 fully saturated rings. The van der Waals surface area contributed by atoms with Crippen molar-refractivity contribution in [2.75, 3.05) is 13.2 Å². The average Bonchev–Trinajstić information content (AvgIpc) is 3.21. The molecule has 0 aromatic carbocycles. The van der Waals surface area contributed by atoms with Crippen LogP contribution in [0.5, 0.6) is 0 Å². The maximum absolute atomic E-state index is 12.7. The van der Waals surface area contributed by atoms with Crippen molar-refractivity contribution >= 4 is 17.7 Å². The summed E-state index contributed by atoms with van der Waals surface area (Å²) in [6, 6.07) is 0. The van der Waals surface area contributed by atoms with Crippen molar-refractivity contribution < 1.29 is 29.0 Å². The predicted octanol–water partition coefficient (Wildman–Crippen LogP) is 5.59. The first-order valence-corrected chi connectivity index (χ1v) is 15.1. The molecule has 4 rings (SSSR count). The molecule has 6 nitrogen and oxygen atoms in total. The van der Waals surface area contributed by atoms with Gasteiger partial charge in [-0.3, -0.25) is 14.4 Å². The molecular formula is C31H50O6. The Hall–Kier alpha value is -1.43. The van der Waals surface area contributed by atoms with Crippen LogP contribution in [-0.4, -0.2) is 42.1 Å². The van der Waals surface area contributed by atoms with Gasteiger partial charge in [0.1, 0.15) is 5.78 Å². The van der Waals surface area contributed by atoms with E-state index < -0.39 is 17.9 Å². The summed E-state index contributed by atoms with van der Waals surface area (Å²) in [5, 5.41) is 11.9. The van der Waals surface area contributed by atoms with E-state index in [4.69, 9.17) is 9.47 Å². The highest BCUT2D eigenvalue weighted by molar-refractivity contribution is 5.94. The normalized spacial score (nSPS) is 41.9. The molecule has 0 spiro atoms. The second kappa shape index (κ2) is 11.0. The highest BCUT2D eigenvalue weighted by Crippen LogP contribution is 2.69. The molecule has 6 heteroatoms. The third-order valence-electron chi connectivity index (χ3n) is 11.7. The van der Waals surface area contributed by atoms with E-state index in [1.165, 1.54) is 0 Å². The SMILES string of the molecule is CCOC(=O)C(C[C@@H](C)C1CCC2C3C(CC[C@@]21C)[C@@]1(C)CCC(=O)C[C@H]1[C@@H](CC)[C@H]3O)C(=O)OCC. The molecule has 1 N–H and O–H groups in total. The molecule has 4 unspecified atom stereocenters. The highest BCUT2D eigenvalue weighted by Gasteiger charge is 2.65. The molecule has 0 aromatic heterocycles. The predicted molar refractivity (Wildman–Crippen MR) is 141 cm³/mol. The van der Waals surface area contributed by atoms with Crippen molar-refractivity contribution in [1.82, 2.24) is 0 Å². The zero-order valence-corrected chi connectivity index (χ0v) is 24.0. The van der Waals surface area contributed by atoms with Crippen molar-refractivity contribution in [3.8, 4) is 0 Å². The summed E-state index contributed by atoms with van der Waals surface area (Å²) in [7, 11) is 0. The van der Waals surface area contributed by atoms with Crippen LogP contribution < -0.4 is 0 Å². The Morgan fingerprint density at radius 1 is 0.946 bits per heavy atom. The number of Topliss-reactive ketones (excluding diaryl/α,β-unsaturated/α-hetero) is 1. The molecule has 0 heterocycles.